The Labute approximate surface area is 262 Å². The van der Waals surface area contributed by atoms with Crippen LogP contribution in [-0.2, 0) is 39.0 Å². The van der Waals surface area contributed by atoms with E-state index in [1.54, 1.807) is 0 Å². The Morgan fingerprint density at radius 2 is 1.00 bits per heavy atom. The van der Waals surface area contributed by atoms with Gasteiger partial charge in [0.15, 0.2) is 0 Å². The second kappa shape index (κ2) is 13.2. The minimum atomic E-state index is 0. The van der Waals surface area contributed by atoms with Crippen molar-refractivity contribution in [2.45, 2.75) is 13.8 Å². The van der Waals surface area contributed by atoms with E-state index in [0.29, 0.717) is 0 Å². The quantitative estimate of drug-likeness (QED) is 0.133. The van der Waals surface area contributed by atoms with E-state index in [0.717, 1.165) is 33.6 Å². The molecule has 0 bridgehead atoms. The SMILES string of the molecule is Cc1cc(C)cc(-c2c(-c3c[c-]c(-c4ccccn4)cc3)cccc2-c2c[c-]c(-c3ccccn3)cc2)c1.[Rh].[Rh]. The van der Waals surface area contributed by atoms with Crippen LogP contribution in [0, 0.1) is 26.0 Å². The maximum absolute atomic E-state index is 4.48. The van der Waals surface area contributed by atoms with Crippen LogP contribution in [0.15, 0.2) is 122 Å². The molecule has 6 aromatic rings. The van der Waals surface area contributed by atoms with Crippen molar-refractivity contribution in [3.63, 3.8) is 0 Å². The first-order valence-electron chi connectivity index (χ1n) is 12.7. The van der Waals surface area contributed by atoms with E-state index in [1.807, 2.05) is 48.8 Å². The third-order valence-corrected chi connectivity index (χ3v) is 6.70. The van der Waals surface area contributed by atoms with Crippen molar-refractivity contribution in [3.05, 3.63) is 145 Å². The van der Waals surface area contributed by atoms with E-state index < -0.39 is 0 Å². The van der Waals surface area contributed by atoms with Gasteiger partial charge in [0, 0.05) is 51.3 Å². The van der Waals surface area contributed by atoms with Crippen molar-refractivity contribution < 1.29 is 39.0 Å². The largest absolute Gasteiger partial charge is 0.305 e. The summed E-state index contributed by atoms with van der Waals surface area (Å²) < 4.78 is 0. The van der Waals surface area contributed by atoms with Crippen molar-refractivity contribution in [2.75, 3.05) is 0 Å². The predicted octanol–water partition coefficient (Wildman–Crippen LogP) is 9.02. The van der Waals surface area contributed by atoms with E-state index >= 15 is 0 Å². The van der Waals surface area contributed by atoms with Crippen molar-refractivity contribution >= 4 is 0 Å². The average molecular weight is 692 g/mol. The zero-order valence-electron chi connectivity index (χ0n) is 22.1. The molecule has 0 atom stereocenters. The summed E-state index contributed by atoms with van der Waals surface area (Å²) in [7, 11) is 0. The molecule has 0 saturated carbocycles. The number of benzene rings is 4. The molecule has 40 heavy (non-hydrogen) atoms. The molecule has 0 aliphatic rings. The van der Waals surface area contributed by atoms with Gasteiger partial charge in [0.2, 0.25) is 0 Å². The fourth-order valence-corrected chi connectivity index (χ4v) is 5.01. The third-order valence-electron chi connectivity index (χ3n) is 6.70. The van der Waals surface area contributed by atoms with Crippen LogP contribution in [0.4, 0.5) is 0 Å². The summed E-state index contributed by atoms with van der Waals surface area (Å²) in [6.07, 6.45) is 3.63. The molecule has 4 heteroatoms. The summed E-state index contributed by atoms with van der Waals surface area (Å²) in [5.74, 6) is 0. The summed E-state index contributed by atoms with van der Waals surface area (Å²) in [5, 5.41) is 0. The number of hydrogen-bond acceptors (Lipinski definition) is 2. The van der Waals surface area contributed by atoms with E-state index in [-0.39, 0.29) is 39.0 Å². The van der Waals surface area contributed by atoms with Gasteiger partial charge < -0.3 is 9.97 Å². The molecule has 2 heterocycles. The van der Waals surface area contributed by atoms with Gasteiger partial charge in [0.25, 0.3) is 0 Å². The first-order chi connectivity index (χ1) is 18.7. The summed E-state index contributed by atoms with van der Waals surface area (Å²) in [4.78, 5) is 8.96. The fraction of sp³-hybridized carbons (Fsp3) is 0.0556. The number of pyridine rings is 2. The van der Waals surface area contributed by atoms with Gasteiger partial charge in [-0.15, -0.1) is 59.7 Å². The van der Waals surface area contributed by atoms with E-state index in [2.05, 4.69) is 109 Å². The first kappa shape index (κ1) is 29.4. The normalized spacial score (nSPS) is 10.3. The molecule has 2 radical (unpaired) electrons. The van der Waals surface area contributed by atoms with Crippen molar-refractivity contribution in [1.29, 1.82) is 0 Å². The van der Waals surface area contributed by atoms with Crippen LogP contribution < -0.4 is 0 Å². The Balaban J connectivity index is 0.00000185. The van der Waals surface area contributed by atoms with Crippen LogP contribution >= 0.6 is 0 Å². The Hall–Kier alpha value is -3.57. The molecule has 0 aliphatic heterocycles. The smallest absolute Gasteiger partial charge is 0.0160 e. The zero-order valence-corrected chi connectivity index (χ0v) is 25.4. The molecular formula is C36H26N2Rh2-2. The molecule has 6 rings (SSSR count). The number of aryl methyl sites for hydroxylation is 2. The molecule has 0 spiro atoms. The second-order valence-corrected chi connectivity index (χ2v) is 9.52. The van der Waals surface area contributed by atoms with Gasteiger partial charge in [-0.25, -0.2) is 0 Å². The average Bonchev–Trinajstić information content (AvgIpc) is 2.97. The first-order valence-corrected chi connectivity index (χ1v) is 12.7. The van der Waals surface area contributed by atoms with Crippen LogP contribution in [-0.4, -0.2) is 9.97 Å². The van der Waals surface area contributed by atoms with Crippen LogP contribution in [0.3, 0.4) is 0 Å². The van der Waals surface area contributed by atoms with Gasteiger partial charge in [-0.1, -0.05) is 94.0 Å². The van der Waals surface area contributed by atoms with Crippen molar-refractivity contribution in [2.24, 2.45) is 0 Å². The van der Waals surface area contributed by atoms with Gasteiger partial charge in [0.1, 0.15) is 0 Å². The maximum atomic E-state index is 4.48. The van der Waals surface area contributed by atoms with Gasteiger partial charge >= 0.3 is 0 Å². The summed E-state index contributed by atoms with van der Waals surface area (Å²) in [5.41, 5.74) is 13.3. The molecule has 4 aromatic carbocycles. The number of hydrogen-bond donors (Lipinski definition) is 0. The number of nitrogens with zero attached hydrogens (tertiary/aromatic N) is 2. The van der Waals surface area contributed by atoms with Crippen molar-refractivity contribution in [3.8, 4) is 55.9 Å². The topological polar surface area (TPSA) is 25.8 Å². The molecule has 2 aromatic heterocycles. The Bertz CT molecular complexity index is 1580. The summed E-state index contributed by atoms with van der Waals surface area (Å²) in [6.45, 7) is 4.31. The molecule has 200 valence electrons. The third kappa shape index (κ3) is 6.25. The van der Waals surface area contributed by atoms with E-state index in [9.17, 15) is 0 Å². The molecule has 2 nitrogen and oxygen atoms in total. The Kier molecular flexibility index (Phi) is 9.70. The number of rotatable bonds is 5. The van der Waals surface area contributed by atoms with Crippen molar-refractivity contribution in [1.82, 2.24) is 9.97 Å². The summed E-state index contributed by atoms with van der Waals surface area (Å²) >= 11 is 0. The summed E-state index contributed by atoms with van der Waals surface area (Å²) in [6, 6.07) is 44.8. The van der Waals surface area contributed by atoms with Crippen LogP contribution in [0.25, 0.3) is 55.9 Å². The van der Waals surface area contributed by atoms with Crippen LogP contribution in [0.5, 0.6) is 0 Å². The van der Waals surface area contributed by atoms with Gasteiger partial charge in [-0.05, 0) is 48.5 Å². The van der Waals surface area contributed by atoms with E-state index in [1.165, 1.54) is 33.4 Å². The molecule has 0 aliphatic carbocycles. The molecular weight excluding hydrogens is 666 g/mol. The molecule has 0 unspecified atom stereocenters. The maximum Gasteiger partial charge on any atom is 0.0160 e. The predicted molar refractivity (Wildman–Crippen MR) is 156 cm³/mol. The molecule has 0 N–H and O–H groups in total. The fourth-order valence-electron chi connectivity index (χ4n) is 5.01. The van der Waals surface area contributed by atoms with Gasteiger partial charge in [-0.3, -0.25) is 0 Å². The minimum absolute atomic E-state index is 0. The minimum Gasteiger partial charge on any atom is -0.305 e. The second-order valence-electron chi connectivity index (χ2n) is 9.52. The van der Waals surface area contributed by atoms with Gasteiger partial charge in [-0.2, -0.15) is 0 Å². The van der Waals surface area contributed by atoms with Crippen LogP contribution in [0.1, 0.15) is 11.1 Å². The Morgan fingerprint density at radius 1 is 0.500 bits per heavy atom. The molecule has 0 amide bonds. The van der Waals surface area contributed by atoms with Crippen LogP contribution in [0.2, 0.25) is 0 Å². The molecule has 0 fully saturated rings. The van der Waals surface area contributed by atoms with Gasteiger partial charge in [0.05, 0.1) is 0 Å². The standard InChI is InChI=1S/C36H26N2.2Rh/c1-25-22-26(2)24-31(23-25)36-32(27-12-16-29(17-13-27)34-10-3-5-20-37-34)8-7-9-33(36)28-14-18-30(19-15-28)35-11-4-6-21-38-35;;/h3-16,18,20-24H,1-2H3;;/q-2;;. The zero-order chi connectivity index (χ0) is 25.9. The monoisotopic (exact) mass is 692 g/mol. The van der Waals surface area contributed by atoms with E-state index in [4.69, 9.17) is 0 Å². The Morgan fingerprint density at radius 3 is 1.40 bits per heavy atom. The number of aromatic nitrogens is 2. The molecule has 0 saturated heterocycles.